The molecule has 0 radical (unpaired) electrons. The van der Waals surface area contributed by atoms with Gasteiger partial charge in [0.2, 0.25) is 0 Å². The van der Waals surface area contributed by atoms with Crippen LogP contribution in [0, 0.1) is 0 Å². The summed E-state index contributed by atoms with van der Waals surface area (Å²) in [7, 11) is 3.84. The lowest BCUT2D eigenvalue weighted by atomic mass is 10.3. The molecule has 6 nitrogen and oxygen atoms in total. The summed E-state index contributed by atoms with van der Waals surface area (Å²) in [6, 6.07) is 1.85. The Morgan fingerprint density at radius 3 is 2.71 bits per heavy atom. The van der Waals surface area contributed by atoms with Crippen LogP contribution >= 0.6 is 0 Å². The number of Topliss-reactive ketones (excluding diaryl/α,β-unsaturated/α-hetero) is 1. The predicted octanol–water partition coefficient (Wildman–Crippen LogP) is 0.931. The third kappa shape index (κ3) is 2.30. The monoisotopic (exact) mass is 231 g/mol. The third-order valence-corrected chi connectivity index (χ3v) is 2.37. The molecule has 2 aromatic rings. The number of rotatable bonds is 3. The van der Waals surface area contributed by atoms with Crippen LogP contribution in [0.2, 0.25) is 0 Å². The second kappa shape index (κ2) is 4.32. The summed E-state index contributed by atoms with van der Waals surface area (Å²) in [5.41, 5.74) is 1.48. The van der Waals surface area contributed by atoms with Crippen molar-refractivity contribution in [2.24, 2.45) is 0 Å². The van der Waals surface area contributed by atoms with Gasteiger partial charge in [-0.15, -0.1) is 5.10 Å². The zero-order valence-electron chi connectivity index (χ0n) is 9.95. The number of anilines is 1. The highest BCUT2D eigenvalue weighted by Crippen LogP contribution is 2.12. The van der Waals surface area contributed by atoms with Crippen LogP contribution < -0.4 is 4.90 Å². The van der Waals surface area contributed by atoms with Crippen molar-refractivity contribution in [1.82, 2.24) is 20.0 Å². The second-order valence-electron chi connectivity index (χ2n) is 3.90. The van der Waals surface area contributed by atoms with Crippen LogP contribution in [-0.2, 0) is 0 Å². The summed E-state index contributed by atoms with van der Waals surface area (Å²) in [5.74, 6) is 0.566. The number of hydrogen-bond donors (Lipinski definition) is 0. The minimum Gasteiger partial charge on any atom is -0.376 e. The molecule has 0 bridgehead atoms. The van der Waals surface area contributed by atoms with E-state index >= 15 is 0 Å². The quantitative estimate of drug-likeness (QED) is 0.735. The fourth-order valence-corrected chi connectivity index (χ4v) is 1.33. The zero-order valence-corrected chi connectivity index (χ0v) is 9.95. The molecule has 2 heterocycles. The van der Waals surface area contributed by atoms with Crippen molar-refractivity contribution in [3.8, 4) is 5.82 Å². The van der Waals surface area contributed by atoms with E-state index in [-0.39, 0.29) is 5.78 Å². The highest BCUT2D eigenvalue weighted by molar-refractivity contribution is 5.93. The zero-order chi connectivity index (χ0) is 12.4. The van der Waals surface area contributed by atoms with E-state index in [1.165, 1.54) is 17.8 Å². The number of hydrogen-bond acceptors (Lipinski definition) is 5. The number of ketones is 1. The highest BCUT2D eigenvalue weighted by atomic mass is 16.1. The largest absolute Gasteiger partial charge is 0.376 e. The number of carbonyl (C=O) groups excluding carboxylic acids is 1. The van der Waals surface area contributed by atoms with Gasteiger partial charge in [0.25, 0.3) is 0 Å². The van der Waals surface area contributed by atoms with Gasteiger partial charge in [0.15, 0.2) is 11.6 Å². The third-order valence-electron chi connectivity index (χ3n) is 2.37. The summed E-state index contributed by atoms with van der Waals surface area (Å²) in [4.78, 5) is 13.1. The first kappa shape index (κ1) is 11.3. The van der Waals surface area contributed by atoms with Gasteiger partial charge in [-0.1, -0.05) is 0 Å². The Hall–Kier alpha value is -2.24. The van der Waals surface area contributed by atoms with Gasteiger partial charge in [-0.05, 0) is 6.92 Å². The van der Waals surface area contributed by atoms with Crippen molar-refractivity contribution in [3.63, 3.8) is 0 Å². The van der Waals surface area contributed by atoms with E-state index in [0.29, 0.717) is 11.4 Å². The molecular weight excluding hydrogens is 218 g/mol. The summed E-state index contributed by atoms with van der Waals surface area (Å²) in [6.45, 7) is 1.50. The highest BCUT2D eigenvalue weighted by Gasteiger charge is 2.07. The molecule has 0 amide bonds. The van der Waals surface area contributed by atoms with Gasteiger partial charge in [-0.25, -0.2) is 4.68 Å². The second-order valence-corrected chi connectivity index (χ2v) is 3.90. The normalized spacial score (nSPS) is 10.3. The molecular formula is C11H13N5O. The number of carbonyl (C=O) groups is 1. The van der Waals surface area contributed by atoms with Gasteiger partial charge in [-0.3, -0.25) is 4.79 Å². The standard InChI is InChI=1S/C11H13N5O/c1-8(17)9-5-13-16(7-9)11-4-10(15(2)3)6-12-14-11/h4-7H,1-3H3. The maximum atomic E-state index is 11.2. The molecule has 0 N–H and O–H groups in total. The number of nitrogens with zero attached hydrogens (tertiary/aromatic N) is 5. The van der Waals surface area contributed by atoms with Crippen LogP contribution in [-0.4, -0.2) is 39.9 Å². The molecule has 0 aliphatic carbocycles. The van der Waals surface area contributed by atoms with Crippen molar-refractivity contribution < 1.29 is 4.79 Å². The Labute approximate surface area is 98.9 Å². The van der Waals surface area contributed by atoms with Crippen LogP contribution in [0.5, 0.6) is 0 Å². The predicted molar refractivity (Wildman–Crippen MR) is 63.5 cm³/mol. The maximum Gasteiger partial charge on any atom is 0.177 e. The molecule has 17 heavy (non-hydrogen) atoms. The molecule has 0 fully saturated rings. The fourth-order valence-electron chi connectivity index (χ4n) is 1.33. The number of aromatic nitrogens is 4. The first-order chi connectivity index (χ1) is 8.08. The van der Waals surface area contributed by atoms with Crippen molar-refractivity contribution in [3.05, 3.63) is 30.2 Å². The van der Waals surface area contributed by atoms with E-state index in [1.807, 2.05) is 25.1 Å². The minimum atomic E-state index is -0.0204. The van der Waals surface area contributed by atoms with E-state index in [2.05, 4.69) is 15.3 Å². The summed E-state index contributed by atoms with van der Waals surface area (Å²) < 4.78 is 1.54. The van der Waals surface area contributed by atoms with Crippen LogP contribution in [0.25, 0.3) is 5.82 Å². The van der Waals surface area contributed by atoms with E-state index in [0.717, 1.165) is 5.69 Å². The van der Waals surface area contributed by atoms with Crippen molar-refractivity contribution in [1.29, 1.82) is 0 Å². The summed E-state index contributed by atoms with van der Waals surface area (Å²) >= 11 is 0. The van der Waals surface area contributed by atoms with Crippen LogP contribution in [0.4, 0.5) is 5.69 Å². The van der Waals surface area contributed by atoms with E-state index in [1.54, 1.807) is 12.4 Å². The molecule has 0 aromatic carbocycles. The Kier molecular flexibility index (Phi) is 2.86. The SMILES string of the molecule is CC(=O)c1cnn(-c2cc(N(C)C)cnn2)c1. The van der Waals surface area contributed by atoms with E-state index in [9.17, 15) is 4.79 Å². The maximum absolute atomic E-state index is 11.2. The lowest BCUT2D eigenvalue weighted by Crippen LogP contribution is -2.10. The van der Waals surface area contributed by atoms with Crippen molar-refractivity contribution in [2.45, 2.75) is 6.92 Å². The Morgan fingerprint density at radius 1 is 1.35 bits per heavy atom. The molecule has 0 saturated carbocycles. The molecule has 0 aliphatic heterocycles. The topological polar surface area (TPSA) is 63.9 Å². The van der Waals surface area contributed by atoms with Crippen LogP contribution in [0.1, 0.15) is 17.3 Å². The first-order valence-corrected chi connectivity index (χ1v) is 5.14. The van der Waals surface area contributed by atoms with Gasteiger partial charge >= 0.3 is 0 Å². The lowest BCUT2D eigenvalue weighted by Gasteiger charge is -2.11. The molecule has 0 atom stereocenters. The van der Waals surface area contributed by atoms with Gasteiger partial charge in [0, 0.05) is 26.4 Å². The summed E-state index contributed by atoms with van der Waals surface area (Å²) in [5, 5.41) is 12.0. The van der Waals surface area contributed by atoms with Crippen molar-refractivity contribution >= 4 is 11.5 Å². The molecule has 2 rings (SSSR count). The molecule has 2 aromatic heterocycles. The molecule has 88 valence electrons. The van der Waals surface area contributed by atoms with Crippen LogP contribution in [0.15, 0.2) is 24.7 Å². The van der Waals surface area contributed by atoms with Gasteiger partial charge in [0.05, 0.1) is 23.6 Å². The van der Waals surface area contributed by atoms with Gasteiger partial charge in [0.1, 0.15) is 0 Å². The molecule has 0 unspecified atom stereocenters. The minimum absolute atomic E-state index is 0.0204. The van der Waals surface area contributed by atoms with Crippen LogP contribution in [0.3, 0.4) is 0 Å². The molecule has 6 heteroatoms. The lowest BCUT2D eigenvalue weighted by molar-refractivity contribution is 0.101. The molecule has 0 saturated heterocycles. The van der Waals surface area contributed by atoms with E-state index in [4.69, 9.17) is 0 Å². The Balaban J connectivity index is 2.38. The first-order valence-electron chi connectivity index (χ1n) is 5.14. The average molecular weight is 231 g/mol. The van der Waals surface area contributed by atoms with Gasteiger partial charge in [-0.2, -0.15) is 10.2 Å². The van der Waals surface area contributed by atoms with E-state index < -0.39 is 0 Å². The smallest absolute Gasteiger partial charge is 0.177 e. The van der Waals surface area contributed by atoms with Gasteiger partial charge < -0.3 is 4.90 Å². The average Bonchev–Trinajstić information content (AvgIpc) is 2.78. The molecule has 0 aliphatic rings. The molecule has 0 spiro atoms. The fraction of sp³-hybridized carbons (Fsp3) is 0.273. The Morgan fingerprint density at radius 2 is 2.12 bits per heavy atom. The Bertz CT molecular complexity index is 546. The van der Waals surface area contributed by atoms with Crippen molar-refractivity contribution in [2.75, 3.05) is 19.0 Å². The summed E-state index contributed by atoms with van der Waals surface area (Å²) in [6.07, 6.45) is 4.83.